The molecule has 2 heterocycles. The van der Waals surface area contributed by atoms with Crippen molar-refractivity contribution in [2.24, 2.45) is 17.8 Å². The number of hydrogen-bond donors (Lipinski definition) is 0. The van der Waals surface area contributed by atoms with Crippen LogP contribution in [-0.4, -0.2) is 14.0 Å². The van der Waals surface area contributed by atoms with Crippen LogP contribution in [0, 0.1) is 42.1 Å². The predicted molar refractivity (Wildman–Crippen MR) is 133 cm³/mol. The second kappa shape index (κ2) is 14.0. The van der Waals surface area contributed by atoms with Crippen molar-refractivity contribution < 1.29 is 9.53 Å². The van der Waals surface area contributed by atoms with E-state index in [0.717, 1.165) is 63.9 Å². The fraction of sp³-hybridized carbons (Fsp3) is 0.833. The van der Waals surface area contributed by atoms with E-state index in [-0.39, 0.29) is 25.9 Å². The van der Waals surface area contributed by atoms with E-state index >= 15 is 0 Å². The molecule has 4 atom stereocenters. The molecule has 3 rings (SSSR count). The van der Waals surface area contributed by atoms with Gasteiger partial charge in [-0.05, 0) is 44.4 Å². The molecule has 1 aliphatic carbocycles. The smallest absolute Gasteiger partial charge is 0.168 e. The number of nitriles is 1. The summed E-state index contributed by atoms with van der Waals surface area (Å²) >= 11 is 10.9. The Morgan fingerprint density at radius 3 is 2.27 bits per heavy atom. The fourth-order valence-electron chi connectivity index (χ4n) is 4.77. The first-order valence-electron chi connectivity index (χ1n) is 11.7. The lowest BCUT2D eigenvalue weighted by Gasteiger charge is -2.48. The standard InChI is InChI=1S/C24H36Br3NO2/c1-2-3-4-5-6-7-8-11-18(17-28)12-9-10-13-21(29)23-19-14-15-22(30-23)20(16-19)24(25,26)27/h18-20,22H,1-16H2. The predicted octanol–water partition coefficient (Wildman–Crippen LogP) is 8.40. The maximum absolute atomic E-state index is 12.7. The van der Waals surface area contributed by atoms with Gasteiger partial charge in [0.05, 0.1) is 12.2 Å². The molecule has 6 heteroatoms. The molecule has 2 saturated heterocycles. The SMILES string of the molecule is [CH2]CCCCCCCCC(C#N)CCCCC(=O)[C]1OC2CCC1CC2C(Br)(Br)Br. The van der Waals surface area contributed by atoms with Crippen molar-refractivity contribution in [3.63, 3.8) is 0 Å². The molecule has 0 aromatic heterocycles. The first kappa shape index (κ1) is 26.8. The summed E-state index contributed by atoms with van der Waals surface area (Å²) in [6.07, 6.45) is 16.6. The second-order valence-corrected chi connectivity index (χ2v) is 15.9. The summed E-state index contributed by atoms with van der Waals surface area (Å²) in [6.45, 7) is 3.88. The lowest BCUT2D eigenvalue weighted by Crippen LogP contribution is -2.48. The van der Waals surface area contributed by atoms with E-state index in [1.54, 1.807) is 0 Å². The van der Waals surface area contributed by atoms with Gasteiger partial charge in [-0.1, -0.05) is 106 Å². The number of carbonyl (C=O) groups excluding carboxylic acids is 1. The molecule has 2 radical (unpaired) electrons. The lowest BCUT2D eigenvalue weighted by molar-refractivity contribution is -0.141. The van der Waals surface area contributed by atoms with Gasteiger partial charge in [-0.2, -0.15) is 5.26 Å². The van der Waals surface area contributed by atoms with Gasteiger partial charge >= 0.3 is 0 Å². The minimum absolute atomic E-state index is 0.0914. The van der Waals surface area contributed by atoms with Crippen molar-refractivity contribution in [3.05, 3.63) is 13.0 Å². The van der Waals surface area contributed by atoms with E-state index in [1.165, 1.54) is 32.1 Å². The molecule has 0 aromatic carbocycles. The van der Waals surface area contributed by atoms with Gasteiger partial charge in [0.15, 0.2) is 11.9 Å². The largest absolute Gasteiger partial charge is 0.360 e. The summed E-state index contributed by atoms with van der Waals surface area (Å²) < 4.78 is 5.79. The summed E-state index contributed by atoms with van der Waals surface area (Å²) in [5.74, 6) is 0.885. The lowest BCUT2D eigenvalue weighted by atomic mass is 9.73. The average molecular weight is 610 g/mol. The average Bonchev–Trinajstić information content (AvgIpc) is 2.74. The molecule has 4 unspecified atom stereocenters. The number of alkyl halides is 3. The summed E-state index contributed by atoms with van der Waals surface area (Å²) in [5.41, 5.74) is 0. The molecule has 3 aliphatic rings. The van der Waals surface area contributed by atoms with Gasteiger partial charge < -0.3 is 4.74 Å². The zero-order valence-electron chi connectivity index (χ0n) is 18.0. The Balaban J connectivity index is 1.59. The molecule has 3 nitrogen and oxygen atoms in total. The third-order valence-electron chi connectivity index (χ3n) is 6.57. The Kier molecular flexibility index (Phi) is 12.5. The molecular weight excluding hydrogens is 574 g/mol. The molecule has 2 aliphatic heterocycles. The summed E-state index contributed by atoms with van der Waals surface area (Å²) in [4.78, 5) is 12.7. The van der Waals surface area contributed by atoms with E-state index in [9.17, 15) is 10.1 Å². The number of fused-ring (bicyclic) bond motifs is 3. The van der Waals surface area contributed by atoms with Crippen molar-refractivity contribution in [1.82, 2.24) is 0 Å². The molecule has 30 heavy (non-hydrogen) atoms. The maximum atomic E-state index is 12.7. The summed E-state index contributed by atoms with van der Waals surface area (Å²) in [7, 11) is 0. The molecule has 0 amide bonds. The minimum atomic E-state index is -0.315. The van der Waals surface area contributed by atoms with Crippen molar-refractivity contribution in [2.45, 2.75) is 105 Å². The first-order valence-corrected chi connectivity index (χ1v) is 14.1. The third kappa shape index (κ3) is 8.83. The van der Waals surface area contributed by atoms with Gasteiger partial charge in [-0.15, -0.1) is 0 Å². The monoisotopic (exact) mass is 607 g/mol. The van der Waals surface area contributed by atoms with Crippen molar-refractivity contribution in [3.8, 4) is 6.07 Å². The van der Waals surface area contributed by atoms with E-state index < -0.39 is 0 Å². The van der Waals surface area contributed by atoms with Crippen LogP contribution in [0.1, 0.15) is 96.3 Å². The highest BCUT2D eigenvalue weighted by molar-refractivity contribution is 9.39. The number of unbranched alkanes of at least 4 members (excludes halogenated alkanes) is 7. The summed E-state index contributed by atoms with van der Waals surface area (Å²) in [6, 6.07) is 2.47. The number of nitrogens with zero attached hydrogens (tertiary/aromatic N) is 1. The zero-order chi connectivity index (χ0) is 22.0. The van der Waals surface area contributed by atoms with Crippen molar-refractivity contribution >= 4 is 53.6 Å². The summed E-state index contributed by atoms with van der Waals surface area (Å²) in [5, 5.41) is 9.41. The van der Waals surface area contributed by atoms with Gasteiger partial charge in [0.2, 0.25) is 0 Å². The minimum Gasteiger partial charge on any atom is -0.360 e. The van der Waals surface area contributed by atoms with E-state index in [2.05, 4.69) is 60.8 Å². The normalized spacial score (nSPS) is 25.2. The Morgan fingerprint density at radius 2 is 1.70 bits per heavy atom. The van der Waals surface area contributed by atoms with Crippen LogP contribution in [0.25, 0.3) is 0 Å². The van der Waals surface area contributed by atoms with Crippen molar-refractivity contribution in [2.75, 3.05) is 0 Å². The molecule has 3 fully saturated rings. The second-order valence-electron chi connectivity index (χ2n) is 8.94. The van der Waals surface area contributed by atoms with Crippen LogP contribution in [0.2, 0.25) is 0 Å². The van der Waals surface area contributed by atoms with Crippen LogP contribution in [-0.2, 0) is 9.53 Å². The zero-order valence-corrected chi connectivity index (χ0v) is 22.8. The Bertz CT molecular complexity index is 558. The van der Waals surface area contributed by atoms with E-state index in [0.29, 0.717) is 12.3 Å². The molecule has 1 saturated carbocycles. The van der Waals surface area contributed by atoms with Crippen LogP contribution in [0.15, 0.2) is 0 Å². The van der Waals surface area contributed by atoms with E-state index in [1.807, 2.05) is 0 Å². The Hall–Kier alpha value is 0.560. The number of carbonyl (C=O) groups is 1. The molecule has 170 valence electrons. The Labute approximate surface area is 208 Å². The molecule has 2 bridgehead atoms. The van der Waals surface area contributed by atoms with Crippen LogP contribution in [0.4, 0.5) is 0 Å². The van der Waals surface area contributed by atoms with Gasteiger partial charge in [0, 0.05) is 18.3 Å². The van der Waals surface area contributed by atoms with Crippen LogP contribution >= 0.6 is 47.8 Å². The number of ketones is 1. The quantitative estimate of drug-likeness (QED) is 0.147. The Morgan fingerprint density at radius 1 is 1.07 bits per heavy atom. The molecular formula is C24H36Br3NO2. The molecule has 0 spiro atoms. The van der Waals surface area contributed by atoms with Gasteiger partial charge in [0.1, 0.15) is 2.14 Å². The van der Waals surface area contributed by atoms with Crippen LogP contribution in [0.5, 0.6) is 0 Å². The number of ether oxygens (including phenoxy) is 1. The van der Waals surface area contributed by atoms with Crippen LogP contribution < -0.4 is 0 Å². The first-order chi connectivity index (χ1) is 14.4. The van der Waals surface area contributed by atoms with E-state index in [4.69, 9.17) is 4.74 Å². The highest BCUT2D eigenvalue weighted by Crippen LogP contribution is 2.55. The molecule has 0 N–H and O–H groups in total. The topological polar surface area (TPSA) is 50.1 Å². The number of rotatable bonds is 14. The van der Waals surface area contributed by atoms with Crippen LogP contribution in [0.3, 0.4) is 0 Å². The fourth-order valence-corrected chi connectivity index (χ4v) is 6.21. The number of hydrogen-bond acceptors (Lipinski definition) is 3. The van der Waals surface area contributed by atoms with Gasteiger partial charge in [-0.3, -0.25) is 4.79 Å². The van der Waals surface area contributed by atoms with Gasteiger partial charge in [0.25, 0.3) is 0 Å². The number of halogens is 3. The maximum Gasteiger partial charge on any atom is 0.168 e. The highest BCUT2D eigenvalue weighted by Gasteiger charge is 2.51. The highest BCUT2D eigenvalue weighted by atomic mass is 80.0. The van der Waals surface area contributed by atoms with Gasteiger partial charge in [-0.25, -0.2) is 0 Å². The number of Topliss-reactive ketones (excluding diaryl/α,β-unsaturated/α-hetero) is 1. The van der Waals surface area contributed by atoms with Crippen molar-refractivity contribution in [1.29, 1.82) is 5.26 Å². The molecule has 0 aromatic rings. The third-order valence-corrected chi connectivity index (χ3v) is 8.34.